The Bertz CT molecular complexity index is 583. The van der Waals surface area contributed by atoms with Gasteiger partial charge in [0.1, 0.15) is 5.01 Å². The number of nitrogens with zero attached hydrogens (tertiary/aromatic N) is 2. The van der Waals surface area contributed by atoms with Crippen LogP contribution in [0.2, 0.25) is 0 Å². The summed E-state index contributed by atoms with van der Waals surface area (Å²) < 4.78 is 38.6. The lowest BCUT2D eigenvalue weighted by molar-refractivity contribution is -0.137. The summed E-state index contributed by atoms with van der Waals surface area (Å²) in [4.78, 5) is 0. The highest BCUT2D eigenvalue weighted by Crippen LogP contribution is 2.31. The van der Waals surface area contributed by atoms with Crippen molar-refractivity contribution in [1.29, 1.82) is 0 Å². The Labute approximate surface area is 122 Å². The van der Waals surface area contributed by atoms with Crippen molar-refractivity contribution >= 4 is 23.1 Å². The van der Waals surface area contributed by atoms with Gasteiger partial charge in [-0.25, -0.2) is 0 Å². The molecule has 1 unspecified atom stereocenters. The largest absolute Gasteiger partial charge is 0.416 e. The Kier molecular flexibility index (Phi) is 4.66. The van der Waals surface area contributed by atoms with Crippen LogP contribution in [0.15, 0.2) is 28.6 Å². The average Bonchev–Trinajstić information content (AvgIpc) is 2.81. The molecule has 1 heterocycles. The Morgan fingerprint density at radius 3 is 2.70 bits per heavy atom. The number of hydrogen-bond donors (Lipinski definition) is 1. The number of hydrogen-bond acceptors (Lipinski definition) is 5. The number of aryl methyl sites for hydroxylation is 1. The zero-order valence-corrected chi connectivity index (χ0v) is 12.1. The molecule has 0 saturated carbocycles. The monoisotopic (exact) mass is 319 g/mol. The summed E-state index contributed by atoms with van der Waals surface area (Å²) in [5.74, 6) is 0.454. The topological polar surface area (TPSA) is 51.8 Å². The highest BCUT2D eigenvalue weighted by atomic mass is 32.2. The Morgan fingerprint density at radius 1 is 1.35 bits per heavy atom. The molecule has 2 rings (SSSR count). The number of alkyl halides is 3. The minimum atomic E-state index is -4.35. The molecule has 0 aliphatic heterocycles. The molecule has 8 heteroatoms. The molecule has 0 spiro atoms. The summed E-state index contributed by atoms with van der Waals surface area (Å²) in [5.41, 5.74) is 5.72. The Morgan fingerprint density at radius 2 is 2.10 bits per heavy atom. The molecule has 20 heavy (non-hydrogen) atoms. The quantitative estimate of drug-likeness (QED) is 0.874. The highest BCUT2D eigenvalue weighted by molar-refractivity contribution is 8.01. The van der Waals surface area contributed by atoms with Crippen LogP contribution in [0.25, 0.3) is 0 Å². The molecule has 108 valence electrons. The van der Waals surface area contributed by atoms with Crippen LogP contribution in [-0.4, -0.2) is 16.0 Å². The van der Waals surface area contributed by atoms with Crippen LogP contribution >= 0.6 is 23.1 Å². The van der Waals surface area contributed by atoms with E-state index in [0.717, 1.165) is 21.5 Å². The zero-order chi connectivity index (χ0) is 14.8. The predicted octanol–water partition coefficient (Wildman–Crippen LogP) is 3.66. The van der Waals surface area contributed by atoms with Gasteiger partial charge >= 0.3 is 6.18 Å². The Balaban J connectivity index is 2.03. The molecule has 1 atom stereocenters. The van der Waals surface area contributed by atoms with E-state index < -0.39 is 17.8 Å². The lowest BCUT2D eigenvalue weighted by Crippen LogP contribution is -2.14. The average molecular weight is 319 g/mol. The van der Waals surface area contributed by atoms with E-state index in [2.05, 4.69) is 10.2 Å². The van der Waals surface area contributed by atoms with Gasteiger partial charge < -0.3 is 5.73 Å². The minimum Gasteiger partial charge on any atom is -0.323 e. The summed E-state index contributed by atoms with van der Waals surface area (Å²) in [5, 5.41) is 8.65. The van der Waals surface area contributed by atoms with Crippen molar-refractivity contribution in [2.45, 2.75) is 23.5 Å². The third kappa shape index (κ3) is 3.94. The molecular formula is C12H12F3N3S2. The van der Waals surface area contributed by atoms with Crippen LogP contribution < -0.4 is 5.73 Å². The van der Waals surface area contributed by atoms with Gasteiger partial charge in [0.05, 0.1) is 5.56 Å². The first-order chi connectivity index (χ1) is 9.36. The highest BCUT2D eigenvalue weighted by Gasteiger charge is 2.30. The SMILES string of the molecule is Cc1nnc(SCC(N)c2cccc(C(F)(F)F)c2)s1. The van der Waals surface area contributed by atoms with Gasteiger partial charge in [0.2, 0.25) is 0 Å². The zero-order valence-electron chi connectivity index (χ0n) is 10.5. The molecule has 2 aromatic rings. The van der Waals surface area contributed by atoms with Crippen molar-refractivity contribution in [1.82, 2.24) is 10.2 Å². The van der Waals surface area contributed by atoms with Gasteiger partial charge in [0.15, 0.2) is 4.34 Å². The molecule has 2 N–H and O–H groups in total. The Hall–Kier alpha value is -1.12. The fourth-order valence-electron chi connectivity index (χ4n) is 1.54. The van der Waals surface area contributed by atoms with Crippen LogP contribution in [0, 0.1) is 6.92 Å². The second-order valence-electron chi connectivity index (χ2n) is 4.13. The van der Waals surface area contributed by atoms with Gasteiger partial charge in [-0.3, -0.25) is 0 Å². The summed E-state index contributed by atoms with van der Waals surface area (Å²) in [6.45, 7) is 1.84. The van der Waals surface area contributed by atoms with Crippen LogP contribution in [-0.2, 0) is 6.18 Å². The van der Waals surface area contributed by atoms with Gasteiger partial charge in [-0.2, -0.15) is 13.2 Å². The normalized spacial score (nSPS) is 13.4. The van der Waals surface area contributed by atoms with Crippen molar-refractivity contribution < 1.29 is 13.2 Å². The van der Waals surface area contributed by atoms with Crippen molar-refractivity contribution in [2.75, 3.05) is 5.75 Å². The summed E-state index contributed by atoms with van der Waals surface area (Å²) >= 11 is 2.83. The molecule has 0 bridgehead atoms. The van der Waals surface area contributed by atoms with Crippen LogP contribution in [0.5, 0.6) is 0 Å². The van der Waals surface area contributed by atoms with E-state index in [4.69, 9.17) is 5.73 Å². The summed E-state index contributed by atoms with van der Waals surface area (Å²) in [7, 11) is 0. The number of aromatic nitrogens is 2. The van der Waals surface area contributed by atoms with Crippen LogP contribution in [0.1, 0.15) is 22.2 Å². The summed E-state index contributed by atoms with van der Waals surface area (Å²) in [6.07, 6.45) is -4.35. The van der Waals surface area contributed by atoms with E-state index in [-0.39, 0.29) is 0 Å². The van der Waals surface area contributed by atoms with Gasteiger partial charge in [-0.05, 0) is 24.6 Å². The second-order valence-corrected chi connectivity index (χ2v) is 6.58. The molecule has 1 aromatic heterocycles. The van der Waals surface area contributed by atoms with Gasteiger partial charge in [-0.15, -0.1) is 10.2 Å². The van der Waals surface area contributed by atoms with E-state index in [9.17, 15) is 13.2 Å². The first-order valence-corrected chi connectivity index (χ1v) is 7.52. The predicted molar refractivity (Wildman–Crippen MR) is 73.7 cm³/mol. The van der Waals surface area contributed by atoms with E-state index in [1.54, 1.807) is 6.07 Å². The fraction of sp³-hybridized carbons (Fsp3) is 0.333. The minimum absolute atomic E-state index is 0.454. The first kappa shape index (κ1) is 15.3. The number of thioether (sulfide) groups is 1. The molecule has 0 saturated heterocycles. The third-order valence-corrected chi connectivity index (χ3v) is 4.63. The van der Waals surface area contributed by atoms with Gasteiger partial charge in [0.25, 0.3) is 0 Å². The number of benzene rings is 1. The molecule has 0 radical (unpaired) electrons. The standard InChI is InChI=1S/C12H12F3N3S2/c1-7-17-18-11(20-7)19-6-10(16)8-3-2-4-9(5-8)12(13,14)15/h2-5,10H,6,16H2,1H3. The maximum Gasteiger partial charge on any atom is 0.416 e. The lowest BCUT2D eigenvalue weighted by Gasteiger charge is -2.13. The van der Waals surface area contributed by atoms with E-state index in [0.29, 0.717) is 11.3 Å². The van der Waals surface area contributed by atoms with Crippen molar-refractivity contribution in [2.24, 2.45) is 5.73 Å². The second kappa shape index (κ2) is 6.11. The number of nitrogens with two attached hydrogens (primary N) is 1. The van der Waals surface area contributed by atoms with Gasteiger partial charge in [-0.1, -0.05) is 35.2 Å². The molecule has 0 fully saturated rings. The van der Waals surface area contributed by atoms with E-state index >= 15 is 0 Å². The van der Waals surface area contributed by atoms with E-state index in [1.165, 1.54) is 29.2 Å². The van der Waals surface area contributed by atoms with Crippen molar-refractivity contribution in [3.05, 3.63) is 40.4 Å². The molecule has 3 nitrogen and oxygen atoms in total. The number of rotatable bonds is 4. The van der Waals surface area contributed by atoms with E-state index in [1.807, 2.05) is 6.92 Å². The first-order valence-electron chi connectivity index (χ1n) is 5.72. The molecule has 0 amide bonds. The molecular weight excluding hydrogens is 307 g/mol. The smallest absolute Gasteiger partial charge is 0.323 e. The summed E-state index contributed by atoms with van der Waals surface area (Å²) in [6, 6.07) is 4.63. The maximum absolute atomic E-state index is 12.6. The molecule has 1 aromatic carbocycles. The third-order valence-electron chi connectivity index (χ3n) is 2.54. The van der Waals surface area contributed by atoms with Crippen molar-refractivity contribution in [3.63, 3.8) is 0 Å². The van der Waals surface area contributed by atoms with Crippen LogP contribution in [0.4, 0.5) is 13.2 Å². The molecule has 0 aliphatic carbocycles. The van der Waals surface area contributed by atoms with Gasteiger partial charge in [0, 0.05) is 11.8 Å². The lowest BCUT2D eigenvalue weighted by atomic mass is 10.1. The molecule has 0 aliphatic rings. The maximum atomic E-state index is 12.6. The fourth-order valence-corrected chi connectivity index (χ4v) is 3.37. The number of halogens is 3. The van der Waals surface area contributed by atoms with Crippen LogP contribution in [0.3, 0.4) is 0 Å². The van der Waals surface area contributed by atoms with Crippen molar-refractivity contribution in [3.8, 4) is 0 Å².